The highest BCUT2D eigenvalue weighted by Gasteiger charge is 2.16. The average molecular weight is 261 g/mol. The Bertz CT molecular complexity index is 445. The maximum atomic E-state index is 11.6. The normalized spacial score (nSPS) is 13.2. The second-order valence-corrected chi connectivity index (χ2v) is 5.01. The van der Waals surface area contributed by atoms with Crippen molar-refractivity contribution >= 4 is 11.6 Å². The summed E-state index contributed by atoms with van der Waals surface area (Å²) in [7, 11) is 1.69. The number of anilines is 1. The molecular formula is C15H23N3O. The molecule has 0 unspecified atom stereocenters. The zero-order chi connectivity index (χ0) is 13.7. The molecule has 1 aromatic carbocycles. The third-order valence-corrected chi connectivity index (χ3v) is 3.51. The Morgan fingerprint density at radius 2 is 2.32 bits per heavy atom. The molecular weight excluding hydrogens is 238 g/mol. The Labute approximate surface area is 115 Å². The Morgan fingerprint density at radius 1 is 1.47 bits per heavy atom. The standard InChI is InChI=1S/C15H23N3O/c1-3-9-18(11-14(19)16-2)10-13-6-4-5-12-7-8-17-15(12)13/h4-6,17H,3,7-11H2,1-2H3,(H,16,19). The number of rotatable bonds is 6. The van der Waals surface area contributed by atoms with Gasteiger partial charge < -0.3 is 10.6 Å². The molecule has 0 radical (unpaired) electrons. The summed E-state index contributed by atoms with van der Waals surface area (Å²) < 4.78 is 0. The molecule has 0 aliphatic carbocycles. The minimum Gasteiger partial charge on any atom is -0.384 e. The Morgan fingerprint density at radius 3 is 3.05 bits per heavy atom. The van der Waals surface area contributed by atoms with Crippen LogP contribution in [0.25, 0.3) is 0 Å². The van der Waals surface area contributed by atoms with E-state index in [0.717, 1.165) is 32.5 Å². The molecule has 0 fully saturated rings. The maximum absolute atomic E-state index is 11.6. The number of benzene rings is 1. The highest BCUT2D eigenvalue weighted by atomic mass is 16.1. The van der Waals surface area contributed by atoms with Gasteiger partial charge in [-0.3, -0.25) is 9.69 Å². The van der Waals surface area contributed by atoms with Crippen LogP contribution in [0.3, 0.4) is 0 Å². The second-order valence-electron chi connectivity index (χ2n) is 5.01. The van der Waals surface area contributed by atoms with E-state index in [1.54, 1.807) is 7.05 Å². The number of hydrogen-bond acceptors (Lipinski definition) is 3. The molecule has 104 valence electrons. The van der Waals surface area contributed by atoms with Crippen molar-refractivity contribution in [2.75, 3.05) is 32.0 Å². The third kappa shape index (κ3) is 3.47. The lowest BCUT2D eigenvalue weighted by atomic mass is 10.1. The first-order valence-electron chi connectivity index (χ1n) is 7.02. The van der Waals surface area contributed by atoms with Gasteiger partial charge in [0.25, 0.3) is 0 Å². The van der Waals surface area contributed by atoms with Crippen LogP contribution in [0.1, 0.15) is 24.5 Å². The SMILES string of the molecule is CCCN(CC(=O)NC)Cc1cccc2c1NCC2. The molecule has 0 aromatic heterocycles. The van der Waals surface area contributed by atoms with Crippen LogP contribution in [0.15, 0.2) is 18.2 Å². The number of carbonyl (C=O) groups is 1. The van der Waals surface area contributed by atoms with Crippen LogP contribution in [0.2, 0.25) is 0 Å². The van der Waals surface area contributed by atoms with E-state index in [2.05, 4.69) is 40.7 Å². The number of hydrogen-bond donors (Lipinski definition) is 2. The lowest BCUT2D eigenvalue weighted by Gasteiger charge is -2.22. The summed E-state index contributed by atoms with van der Waals surface area (Å²) in [5.41, 5.74) is 3.97. The van der Waals surface area contributed by atoms with E-state index >= 15 is 0 Å². The van der Waals surface area contributed by atoms with Crippen LogP contribution in [-0.2, 0) is 17.8 Å². The van der Waals surface area contributed by atoms with Crippen molar-refractivity contribution in [2.45, 2.75) is 26.3 Å². The van der Waals surface area contributed by atoms with Crippen LogP contribution < -0.4 is 10.6 Å². The molecule has 0 saturated carbocycles. The smallest absolute Gasteiger partial charge is 0.233 e. The largest absolute Gasteiger partial charge is 0.384 e. The number of amides is 1. The van der Waals surface area contributed by atoms with Crippen molar-refractivity contribution in [2.24, 2.45) is 0 Å². The van der Waals surface area contributed by atoms with Gasteiger partial charge in [0, 0.05) is 25.8 Å². The summed E-state index contributed by atoms with van der Waals surface area (Å²) in [5, 5.41) is 6.15. The number of nitrogens with one attached hydrogen (secondary N) is 2. The zero-order valence-corrected chi connectivity index (χ0v) is 11.8. The van der Waals surface area contributed by atoms with Gasteiger partial charge in [-0.15, -0.1) is 0 Å². The zero-order valence-electron chi connectivity index (χ0n) is 11.8. The van der Waals surface area contributed by atoms with Gasteiger partial charge in [-0.05, 0) is 30.5 Å². The molecule has 4 nitrogen and oxygen atoms in total. The summed E-state index contributed by atoms with van der Waals surface area (Å²) in [6, 6.07) is 6.45. The monoisotopic (exact) mass is 261 g/mol. The fourth-order valence-electron chi connectivity index (χ4n) is 2.60. The van der Waals surface area contributed by atoms with E-state index in [-0.39, 0.29) is 5.91 Å². The average Bonchev–Trinajstić information content (AvgIpc) is 2.88. The first kappa shape index (κ1) is 13.9. The van der Waals surface area contributed by atoms with Gasteiger partial charge in [-0.2, -0.15) is 0 Å². The van der Waals surface area contributed by atoms with Crippen molar-refractivity contribution in [3.05, 3.63) is 29.3 Å². The minimum atomic E-state index is 0.0778. The van der Waals surface area contributed by atoms with E-state index in [1.165, 1.54) is 16.8 Å². The second kappa shape index (κ2) is 6.57. The van der Waals surface area contributed by atoms with Gasteiger partial charge in [-0.25, -0.2) is 0 Å². The predicted octanol–water partition coefficient (Wildman–Crippen LogP) is 1.61. The maximum Gasteiger partial charge on any atom is 0.233 e. The van der Waals surface area contributed by atoms with Gasteiger partial charge in [-0.1, -0.05) is 25.1 Å². The number of para-hydroxylation sites is 1. The quantitative estimate of drug-likeness (QED) is 0.818. The molecule has 1 aliphatic heterocycles. The minimum absolute atomic E-state index is 0.0778. The van der Waals surface area contributed by atoms with Gasteiger partial charge in [0.05, 0.1) is 6.54 Å². The summed E-state index contributed by atoms with van der Waals surface area (Å²) >= 11 is 0. The Balaban J connectivity index is 2.08. The first-order chi connectivity index (χ1) is 9.24. The van der Waals surface area contributed by atoms with Crippen LogP contribution in [0.5, 0.6) is 0 Å². The predicted molar refractivity (Wildman–Crippen MR) is 78.3 cm³/mol. The highest BCUT2D eigenvalue weighted by Crippen LogP contribution is 2.27. The summed E-state index contributed by atoms with van der Waals surface area (Å²) in [5.74, 6) is 0.0778. The van der Waals surface area contributed by atoms with E-state index in [0.29, 0.717) is 6.54 Å². The molecule has 1 amide bonds. The topological polar surface area (TPSA) is 44.4 Å². The molecule has 1 aromatic rings. The van der Waals surface area contributed by atoms with Gasteiger partial charge in [0.15, 0.2) is 0 Å². The van der Waals surface area contributed by atoms with Crippen molar-refractivity contribution in [3.8, 4) is 0 Å². The first-order valence-corrected chi connectivity index (χ1v) is 7.02. The van der Waals surface area contributed by atoms with E-state index in [9.17, 15) is 4.79 Å². The molecule has 2 rings (SSSR count). The van der Waals surface area contributed by atoms with E-state index in [1.807, 2.05) is 0 Å². The van der Waals surface area contributed by atoms with Crippen molar-refractivity contribution < 1.29 is 4.79 Å². The fraction of sp³-hybridized carbons (Fsp3) is 0.533. The molecule has 4 heteroatoms. The number of fused-ring (bicyclic) bond motifs is 1. The van der Waals surface area contributed by atoms with Crippen LogP contribution in [0.4, 0.5) is 5.69 Å². The molecule has 0 saturated heterocycles. The summed E-state index contributed by atoms with van der Waals surface area (Å²) in [6.45, 7) is 5.41. The number of carbonyl (C=O) groups excluding carboxylic acids is 1. The highest BCUT2D eigenvalue weighted by molar-refractivity contribution is 5.77. The molecule has 2 N–H and O–H groups in total. The summed E-state index contributed by atoms with van der Waals surface area (Å²) in [4.78, 5) is 13.8. The molecule has 0 spiro atoms. The van der Waals surface area contributed by atoms with Gasteiger partial charge in [0.2, 0.25) is 5.91 Å². The van der Waals surface area contributed by atoms with Crippen molar-refractivity contribution in [3.63, 3.8) is 0 Å². The Kier molecular flexibility index (Phi) is 4.80. The van der Waals surface area contributed by atoms with Gasteiger partial charge >= 0.3 is 0 Å². The van der Waals surface area contributed by atoms with E-state index in [4.69, 9.17) is 0 Å². The van der Waals surface area contributed by atoms with Crippen LogP contribution >= 0.6 is 0 Å². The number of likely N-dealkylation sites (N-methyl/N-ethyl adjacent to an activating group) is 1. The van der Waals surface area contributed by atoms with Crippen molar-refractivity contribution in [1.82, 2.24) is 10.2 Å². The molecule has 19 heavy (non-hydrogen) atoms. The number of nitrogens with zero attached hydrogens (tertiary/aromatic N) is 1. The van der Waals surface area contributed by atoms with Crippen LogP contribution in [-0.4, -0.2) is 37.5 Å². The third-order valence-electron chi connectivity index (χ3n) is 3.51. The molecule has 1 aliphatic rings. The molecule has 1 heterocycles. The molecule has 0 bridgehead atoms. The Hall–Kier alpha value is -1.55. The lowest BCUT2D eigenvalue weighted by Crippen LogP contribution is -2.35. The molecule has 0 atom stereocenters. The summed E-state index contributed by atoms with van der Waals surface area (Å²) in [6.07, 6.45) is 2.16. The fourth-order valence-corrected chi connectivity index (χ4v) is 2.60. The van der Waals surface area contributed by atoms with Gasteiger partial charge in [0.1, 0.15) is 0 Å². The lowest BCUT2D eigenvalue weighted by molar-refractivity contribution is -0.121. The van der Waals surface area contributed by atoms with E-state index < -0.39 is 0 Å². The van der Waals surface area contributed by atoms with Crippen molar-refractivity contribution in [1.29, 1.82) is 0 Å². The van der Waals surface area contributed by atoms with Crippen LogP contribution in [0, 0.1) is 0 Å².